The van der Waals surface area contributed by atoms with Crippen LogP contribution in [-0.2, 0) is 21.3 Å². The third kappa shape index (κ3) is 14.8. The Kier molecular flexibility index (Phi) is 14.7. The van der Waals surface area contributed by atoms with Crippen molar-refractivity contribution in [3.8, 4) is 0 Å². The zero-order valence-corrected chi connectivity index (χ0v) is 19.3. The summed E-state index contributed by atoms with van der Waals surface area (Å²) in [6.45, 7) is -0.251. The van der Waals surface area contributed by atoms with Crippen molar-refractivity contribution < 1.29 is 60.4 Å². The zero-order valence-electron chi connectivity index (χ0n) is 16.5. The molecule has 0 aliphatic heterocycles. The fraction of sp³-hybridized carbons (Fsp3) is 0.684. The minimum Gasteiger partial charge on any atom is -0.744 e. The molecule has 0 N–H and O–H groups in total. The van der Waals surface area contributed by atoms with Crippen LogP contribution in [0, 0.1) is 0 Å². The summed E-state index contributed by atoms with van der Waals surface area (Å²) in [5.41, 5.74) is 1.02. The van der Waals surface area contributed by atoms with Crippen molar-refractivity contribution in [1.29, 1.82) is 0 Å². The van der Waals surface area contributed by atoms with Crippen LogP contribution < -0.4 is 29.6 Å². The van der Waals surface area contributed by atoms with Gasteiger partial charge in [-0.3, -0.25) is 4.74 Å². The molecular formula is C19H28F3NaO4S. The Labute approximate surface area is 188 Å². The molecule has 9 heteroatoms. The predicted molar refractivity (Wildman–Crippen MR) is 96.3 cm³/mol. The molecule has 0 saturated carbocycles. The van der Waals surface area contributed by atoms with E-state index in [2.05, 4.69) is 4.74 Å². The standard InChI is InChI=1S/C19H29F3O4S.Na/c20-19(21,22)26-16-10-8-6-4-2-1-3-5-7-9-11-17-12-14-18(15-13-17)27(23,24)25;/h12-15H,1-11,16H2,(H,23,24,25);/q;+1/p-1. The number of ether oxygens (including phenoxy) is 1. The molecule has 0 saturated heterocycles. The van der Waals surface area contributed by atoms with Crippen molar-refractivity contribution in [3.05, 3.63) is 29.8 Å². The van der Waals surface area contributed by atoms with Crippen molar-refractivity contribution in [2.45, 2.75) is 81.9 Å². The van der Waals surface area contributed by atoms with Crippen LogP contribution in [0.1, 0.15) is 69.8 Å². The molecule has 0 radical (unpaired) electrons. The van der Waals surface area contributed by atoms with Crippen molar-refractivity contribution >= 4 is 10.1 Å². The van der Waals surface area contributed by atoms with Gasteiger partial charge in [-0.25, -0.2) is 8.42 Å². The molecule has 0 bridgehead atoms. The normalized spacial score (nSPS) is 12.0. The third-order valence-corrected chi connectivity index (χ3v) is 5.19. The van der Waals surface area contributed by atoms with E-state index in [1.54, 1.807) is 12.1 Å². The fourth-order valence-electron chi connectivity index (χ4n) is 2.86. The van der Waals surface area contributed by atoms with Crippen molar-refractivity contribution in [3.63, 3.8) is 0 Å². The van der Waals surface area contributed by atoms with Crippen LogP contribution in [0.4, 0.5) is 13.2 Å². The van der Waals surface area contributed by atoms with Crippen LogP contribution in [0.2, 0.25) is 0 Å². The van der Waals surface area contributed by atoms with E-state index in [0.29, 0.717) is 6.42 Å². The van der Waals surface area contributed by atoms with Gasteiger partial charge in [0, 0.05) is 0 Å². The molecule has 1 rings (SSSR count). The van der Waals surface area contributed by atoms with Gasteiger partial charge in [0.15, 0.2) is 0 Å². The summed E-state index contributed by atoms with van der Waals surface area (Å²) in [4.78, 5) is -0.195. The molecule has 0 aromatic heterocycles. The summed E-state index contributed by atoms with van der Waals surface area (Å²) in [5, 5.41) is 0. The number of halogens is 3. The maximum atomic E-state index is 11.8. The molecule has 0 fully saturated rings. The fourth-order valence-corrected chi connectivity index (χ4v) is 3.33. The Morgan fingerprint density at radius 2 is 1.21 bits per heavy atom. The first-order valence-corrected chi connectivity index (χ1v) is 10.8. The van der Waals surface area contributed by atoms with Gasteiger partial charge in [0.2, 0.25) is 0 Å². The average molecular weight is 432 g/mol. The molecule has 0 aliphatic carbocycles. The first kappa shape index (κ1) is 27.9. The first-order chi connectivity index (χ1) is 12.7. The van der Waals surface area contributed by atoms with E-state index in [1.165, 1.54) is 12.1 Å². The topological polar surface area (TPSA) is 66.4 Å². The number of aryl methyl sites for hydroxylation is 1. The van der Waals surface area contributed by atoms with Gasteiger partial charge in [0.25, 0.3) is 0 Å². The van der Waals surface area contributed by atoms with E-state index in [-0.39, 0.29) is 41.1 Å². The molecule has 0 aliphatic rings. The summed E-state index contributed by atoms with van der Waals surface area (Å²) >= 11 is 0. The second kappa shape index (κ2) is 14.8. The molecule has 28 heavy (non-hydrogen) atoms. The van der Waals surface area contributed by atoms with Gasteiger partial charge < -0.3 is 4.55 Å². The second-order valence-corrected chi connectivity index (χ2v) is 8.06. The van der Waals surface area contributed by atoms with E-state index in [0.717, 1.165) is 69.8 Å². The van der Waals surface area contributed by atoms with Crippen molar-refractivity contribution in [2.75, 3.05) is 6.61 Å². The number of rotatable bonds is 14. The summed E-state index contributed by atoms with van der Waals surface area (Å²) < 4.78 is 71.6. The Hall–Kier alpha value is -0.120. The van der Waals surface area contributed by atoms with Crippen LogP contribution in [0.25, 0.3) is 0 Å². The minimum atomic E-state index is -4.51. The number of hydrogen-bond donors (Lipinski definition) is 0. The van der Waals surface area contributed by atoms with Crippen LogP contribution >= 0.6 is 0 Å². The summed E-state index contributed by atoms with van der Waals surface area (Å²) in [6.07, 6.45) is 6.16. The van der Waals surface area contributed by atoms with Crippen LogP contribution in [0.15, 0.2) is 29.2 Å². The van der Waals surface area contributed by atoms with Gasteiger partial charge in [-0.05, 0) is 37.0 Å². The smallest absolute Gasteiger partial charge is 0.744 e. The molecule has 0 atom stereocenters. The van der Waals surface area contributed by atoms with Crippen molar-refractivity contribution in [2.24, 2.45) is 0 Å². The predicted octanol–water partition coefficient (Wildman–Crippen LogP) is 2.57. The SMILES string of the molecule is O=S(=O)([O-])c1ccc(CCCCCCCCCCCCOC(F)(F)F)cc1.[Na+]. The molecule has 0 amide bonds. The van der Waals surface area contributed by atoms with Crippen molar-refractivity contribution in [1.82, 2.24) is 0 Å². The Morgan fingerprint density at radius 1 is 0.786 bits per heavy atom. The van der Waals surface area contributed by atoms with Crippen LogP contribution in [0.5, 0.6) is 0 Å². The molecule has 156 valence electrons. The molecule has 0 spiro atoms. The van der Waals surface area contributed by atoms with Gasteiger partial charge in [-0.1, -0.05) is 63.5 Å². The molecule has 0 unspecified atom stereocenters. The molecular weight excluding hydrogens is 404 g/mol. The maximum Gasteiger partial charge on any atom is 1.00 e. The van der Waals surface area contributed by atoms with E-state index >= 15 is 0 Å². The van der Waals surface area contributed by atoms with Gasteiger partial charge in [-0.2, -0.15) is 0 Å². The number of alkyl halides is 3. The maximum absolute atomic E-state index is 11.8. The zero-order chi connectivity index (χ0) is 20.2. The molecule has 1 aromatic rings. The van der Waals surface area contributed by atoms with Crippen LogP contribution in [0.3, 0.4) is 0 Å². The summed E-state index contributed by atoms with van der Waals surface area (Å²) in [7, 11) is -4.37. The van der Waals surface area contributed by atoms with E-state index in [9.17, 15) is 26.1 Å². The summed E-state index contributed by atoms with van der Waals surface area (Å²) in [6, 6.07) is 6.08. The number of unbranched alkanes of at least 4 members (excludes halogenated alkanes) is 9. The van der Waals surface area contributed by atoms with Gasteiger partial charge in [0.05, 0.1) is 11.5 Å². The second-order valence-electron chi connectivity index (χ2n) is 6.68. The quantitative estimate of drug-likeness (QED) is 0.258. The van der Waals surface area contributed by atoms with Gasteiger partial charge >= 0.3 is 35.9 Å². The minimum absolute atomic E-state index is 0. The monoisotopic (exact) mass is 432 g/mol. The Balaban J connectivity index is 0.00000729. The molecule has 1 aromatic carbocycles. The largest absolute Gasteiger partial charge is 1.00 e. The van der Waals surface area contributed by atoms with E-state index in [1.807, 2.05) is 0 Å². The Bertz CT molecular complexity index is 619. The third-order valence-electron chi connectivity index (χ3n) is 4.34. The summed E-state index contributed by atoms with van der Waals surface area (Å²) in [5.74, 6) is 0. The first-order valence-electron chi connectivity index (χ1n) is 9.44. The van der Waals surface area contributed by atoms with Gasteiger partial charge in [0.1, 0.15) is 10.1 Å². The average Bonchev–Trinajstić information content (AvgIpc) is 2.57. The van der Waals surface area contributed by atoms with Crippen LogP contribution in [-0.4, -0.2) is 25.9 Å². The van der Waals surface area contributed by atoms with E-state index < -0.39 is 16.5 Å². The Morgan fingerprint density at radius 3 is 1.64 bits per heavy atom. The number of hydrogen-bond acceptors (Lipinski definition) is 4. The molecule has 0 heterocycles. The molecule has 4 nitrogen and oxygen atoms in total. The van der Waals surface area contributed by atoms with E-state index in [4.69, 9.17) is 0 Å². The van der Waals surface area contributed by atoms with Gasteiger partial charge in [-0.15, -0.1) is 13.2 Å². The number of benzene rings is 1.